The molecule has 0 unspecified atom stereocenters. The van der Waals surface area contributed by atoms with Crippen LogP contribution in [0.1, 0.15) is 50.4 Å². The Kier molecular flexibility index (Phi) is 5.54. The minimum Gasteiger partial charge on any atom is -0.392 e. The van der Waals surface area contributed by atoms with Crippen LogP contribution in [0.3, 0.4) is 0 Å². The summed E-state index contributed by atoms with van der Waals surface area (Å²) in [5, 5.41) is 10.3. The van der Waals surface area contributed by atoms with Gasteiger partial charge in [0, 0.05) is 12.7 Å². The van der Waals surface area contributed by atoms with Crippen LogP contribution in [-0.2, 0) is 12.0 Å². The van der Waals surface area contributed by atoms with E-state index >= 15 is 0 Å². The molecule has 2 heterocycles. The highest BCUT2D eigenvalue weighted by Gasteiger charge is 2.19. The number of rotatable bonds is 5. The zero-order chi connectivity index (χ0) is 22.2. The molecule has 0 aliphatic rings. The largest absolute Gasteiger partial charge is 0.392 e. The SMILES string of the molecule is C[C@H](c1ccc(C(C)(C)C)cc1)N(C)c1ncnc2[nH]c(-c3ccc(CO)cc3)cc12. The molecule has 160 valence electrons. The Morgan fingerprint density at radius 1 is 1.00 bits per heavy atom. The van der Waals surface area contributed by atoms with Crippen LogP contribution in [-0.4, -0.2) is 27.1 Å². The Balaban J connectivity index is 1.66. The average Bonchev–Trinajstić information content (AvgIpc) is 3.22. The molecule has 0 saturated carbocycles. The number of nitrogens with zero attached hydrogens (tertiary/aromatic N) is 3. The maximum atomic E-state index is 9.28. The summed E-state index contributed by atoms with van der Waals surface area (Å²) in [6, 6.07) is 19.0. The van der Waals surface area contributed by atoms with Crippen molar-refractivity contribution in [3.05, 3.63) is 77.6 Å². The number of benzene rings is 2. The van der Waals surface area contributed by atoms with Crippen LogP contribution < -0.4 is 4.90 Å². The summed E-state index contributed by atoms with van der Waals surface area (Å²) in [4.78, 5) is 14.7. The lowest BCUT2D eigenvalue weighted by molar-refractivity contribution is 0.282. The number of nitrogens with one attached hydrogen (secondary N) is 1. The number of hydrogen-bond donors (Lipinski definition) is 2. The van der Waals surface area contributed by atoms with Gasteiger partial charge in [-0.15, -0.1) is 0 Å². The maximum absolute atomic E-state index is 9.28. The molecule has 0 spiro atoms. The van der Waals surface area contributed by atoms with Gasteiger partial charge in [-0.2, -0.15) is 0 Å². The van der Waals surface area contributed by atoms with Crippen LogP contribution in [0.4, 0.5) is 5.82 Å². The van der Waals surface area contributed by atoms with Crippen LogP contribution in [0.2, 0.25) is 0 Å². The van der Waals surface area contributed by atoms with Crippen molar-refractivity contribution in [2.24, 2.45) is 0 Å². The summed E-state index contributed by atoms with van der Waals surface area (Å²) in [6.45, 7) is 8.94. The van der Waals surface area contributed by atoms with E-state index in [1.807, 2.05) is 24.3 Å². The monoisotopic (exact) mass is 414 g/mol. The number of hydrogen-bond acceptors (Lipinski definition) is 4. The number of aliphatic hydroxyl groups is 1. The maximum Gasteiger partial charge on any atom is 0.143 e. The highest BCUT2D eigenvalue weighted by Crippen LogP contribution is 2.33. The first kappa shape index (κ1) is 21.1. The fourth-order valence-electron chi connectivity index (χ4n) is 3.82. The predicted molar refractivity (Wildman–Crippen MR) is 127 cm³/mol. The minimum absolute atomic E-state index is 0.0437. The summed E-state index contributed by atoms with van der Waals surface area (Å²) >= 11 is 0. The van der Waals surface area contributed by atoms with Crippen LogP contribution in [0.25, 0.3) is 22.3 Å². The summed E-state index contributed by atoms with van der Waals surface area (Å²) < 4.78 is 0. The Bertz CT molecular complexity index is 1170. The van der Waals surface area contributed by atoms with Crippen molar-refractivity contribution in [3.8, 4) is 11.3 Å². The molecule has 0 amide bonds. The first-order valence-corrected chi connectivity index (χ1v) is 10.6. The molecule has 4 rings (SSSR count). The summed E-state index contributed by atoms with van der Waals surface area (Å²) in [6.07, 6.45) is 1.61. The van der Waals surface area contributed by atoms with Gasteiger partial charge in [0.25, 0.3) is 0 Å². The molecule has 5 heteroatoms. The normalized spacial score (nSPS) is 12.8. The van der Waals surface area contributed by atoms with E-state index in [2.05, 4.69) is 84.9 Å². The first-order chi connectivity index (χ1) is 14.8. The second kappa shape index (κ2) is 8.16. The zero-order valence-corrected chi connectivity index (χ0v) is 18.8. The van der Waals surface area contributed by atoms with Gasteiger partial charge >= 0.3 is 0 Å². The predicted octanol–water partition coefficient (Wildman–Crippen LogP) is 5.61. The lowest BCUT2D eigenvalue weighted by atomic mass is 9.86. The highest BCUT2D eigenvalue weighted by atomic mass is 16.3. The number of fused-ring (bicyclic) bond motifs is 1. The molecule has 2 aromatic carbocycles. The van der Waals surface area contributed by atoms with Gasteiger partial charge in [-0.05, 0) is 40.7 Å². The van der Waals surface area contributed by atoms with Crippen molar-refractivity contribution >= 4 is 16.9 Å². The second-order valence-electron chi connectivity index (χ2n) is 9.16. The van der Waals surface area contributed by atoms with Crippen molar-refractivity contribution in [2.75, 3.05) is 11.9 Å². The Morgan fingerprint density at radius 2 is 1.68 bits per heavy atom. The Morgan fingerprint density at radius 3 is 2.29 bits per heavy atom. The van der Waals surface area contributed by atoms with Gasteiger partial charge < -0.3 is 15.0 Å². The van der Waals surface area contributed by atoms with Gasteiger partial charge in [0.05, 0.1) is 18.0 Å². The molecule has 0 aliphatic carbocycles. The Labute approximate surface area is 183 Å². The van der Waals surface area contributed by atoms with E-state index < -0.39 is 0 Å². The van der Waals surface area contributed by atoms with Crippen molar-refractivity contribution in [3.63, 3.8) is 0 Å². The second-order valence-corrected chi connectivity index (χ2v) is 9.16. The molecule has 0 bridgehead atoms. The van der Waals surface area contributed by atoms with E-state index in [1.54, 1.807) is 6.33 Å². The third-order valence-corrected chi connectivity index (χ3v) is 6.03. The van der Waals surface area contributed by atoms with Gasteiger partial charge in [0.15, 0.2) is 0 Å². The molecule has 0 aliphatic heterocycles. The summed E-state index contributed by atoms with van der Waals surface area (Å²) in [7, 11) is 2.08. The van der Waals surface area contributed by atoms with E-state index in [1.165, 1.54) is 11.1 Å². The molecule has 2 N–H and O–H groups in total. The number of aromatic nitrogens is 3. The minimum atomic E-state index is 0.0437. The zero-order valence-electron chi connectivity index (χ0n) is 18.8. The molecular weight excluding hydrogens is 384 g/mol. The molecule has 0 saturated heterocycles. The number of aliphatic hydroxyl groups excluding tert-OH is 1. The fourth-order valence-corrected chi connectivity index (χ4v) is 3.82. The summed E-state index contributed by atoms with van der Waals surface area (Å²) in [5.41, 5.74) is 6.46. The van der Waals surface area contributed by atoms with Crippen molar-refractivity contribution in [1.29, 1.82) is 0 Å². The fraction of sp³-hybridized carbons (Fsp3) is 0.308. The standard InChI is InChI=1S/C26H30N4O/c1-17(19-10-12-21(13-11-19)26(2,3)4)30(5)25-22-14-23(29-24(22)27-16-28-25)20-8-6-18(15-31)7-9-20/h6-14,16-17,31H,15H2,1-5H3,(H,27,28,29)/t17-/m1/s1. The molecular formula is C26H30N4O. The molecule has 0 radical (unpaired) electrons. The lowest BCUT2D eigenvalue weighted by Gasteiger charge is -2.27. The number of anilines is 1. The van der Waals surface area contributed by atoms with Crippen LogP contribution in [0.15, 0.2) is 60.9 Å². The van der Waals surface area contributed by atoms with Crippen LogP contribution in [0.5, 0.6) is 0 Å². The van der Waals surface area contributed by atoms with Gasteiger partial charge in [0.2, 0.25) is 0 Å². The molecule has 4 aromatic rings. The van der Waals surface area contributed by atoms with Crippen molar-refractivity contribution < 1.29 is 5.11 Å². The molecule has 1 atom stereocenters. The van der Waals surface area contributed by atoms with Gasteiger partial charge in [-0.3, -0.25) is 0 Å². The molecule has 31 heavy (non-hydrogen) atoms. The number of H-pyrrole nitrogens is 1. The lowest BCUT2D eigenvalue weighted by Crippen LogP contribution is -2.23. The van der Waals surface area contributed by atoms with Gasteiger partial charge in [-0.25, -0.2) is 9.97 Å². The van der Waals surface area contributed by atoms with Crippen molar-refractivity contribution in [1.82, 2.24) is 15.0 Å². The summed E-state index contributed by atoms with van der Waals surface area (Å²) in [5.74, 6) is 0.895. The molecule has 0 fully saturated rings. The topological polar surface area (TPSA) is 65.0 Å². The number of aromatic amines is 1. The van der Waals surface area contributed by atoms with Crippen molar-refractivity contribution in [2.45, 2.75) is 45.8 Å². The quantitative estimate of drug-likeness (QED) is 0.445. The van der Waals surface area contributed by atoms with E-state index in [4.69, 9.17) is 0 Å². The molecule has 5 nitrogen and oxygen atoms in total. The average molecular weight is 415 g/mol. The third-order valence-electron chi connectivity index (χ3n) is 6.03. The highest BCUT2D eigenvalue weighted by molar-refractivity contribution is 5.92. The first-order valence-electron chi connectivity index (χ1n) is 10.6. The van der Waals surface area contributed by atoms with Gasteiger partial charge in [0.1, 0.15) is 17.8 Å². The van der Waals surface area contributed by atoms with E-state index in [9.17, 15) is 5.11 Å². The van der Waals surface area contributed by atoms with E-state index in [-0.39, 0.29) is 18.1 Å². The smallest absolute Gasteiger partial charge is 0.143 e. The van der Waals surface area contributed by atoms with Crippen LogP contribution in [0, 0.1) is 0 Å². The molecule has 2 aromatic heterocycles. The van der Waals surface area contributed by atoms with Gasteiger partial charge in [-0.1, -0.05) is 69.3 Å². The third kappa shape index (κ3) is 4.19. The van der Waals surface area contributed by atoms with E-state index in [0.29, 0.717) is 0 Å². The Hall–Kier alpha value is -3.18. The van der Waals surface area contributed by atoms with E-state index in [0.717, 1.165) is 33.7 Å². The van der Waals surface area contributed by atoms with Crippen LogP contribution >= 0.6 is 0 Å².